The van der Waals surface area contributed by atoms with Gasteiger partial charge in [-0.3, -0.25) is 13.9 Å². The molecule has 0 N–H and O–H groups in total. The summed E-state index contributed by atoms with van der Waals surface area (Å²) >= 11 is 0. The summed E-state index contributed by atoms with van der Waals surface area (Å²) in [6.45, 7) is 2.39. The van der Waals surface area contributed by atoms with Crippen molar-refractivity contribution in [2.45, 2.75) is 13.5 Å². The van der Waals surface area contributed by atoms with Gasteiger partial charge in [-0.2, -0.15) is 5.10 Å². The van der Waals surface area contributed by atoms with Crippen LogP contribution in [0.15, 0.2) is 65.8 Å². The van der Waals surface area contributed by atoms with Crippen LogP contribution in [0.5, 0.6) is 5.75 Å². The zero-order valence-corrected chi connectivity index (χ0v) is 14.6. The van der Waals surface area contributed by atoms with Crippen LogP contribution in [0, 0.1) is 6.92 Å². The lowest BCUT2D eigenvalue weighted by atomic mass is 10.1. The minimum atomic E-state index is -0.0868. The van der Waals surface area contributed by atoms with Gasteiger partial charge in [0.2, 0.25) is 0 Å². The minimum absolute atomic E-state index is 0.0868. The van der Waals surface area contributed by atoms with Gasteiger partial charge < -0.3 is 4.74 Å². The zero-order chi connectivity index (χ0) is 18.1. The third-order valence-electron chi connectivity index (χ3n) is 4.24. The first kappa shape index (κ1) is 16.1. The highest BCUT2D eigenvalue weighted by Gasteiger charge is 2.06. The molecule has 0 atom stereocenters. The summed E-state index contributed by atoms with van der Waals surface area (Å²) in [5.74, 6) is 0.817. The highest BCUT2D eigenvalue weighted by molar-refractivity contribution is 5.62. The van der Waals surface area contributed by atoms with Gasteiger partial charge >= 0.3 is 0 Å². The second-order valence-corrected chi connectivity index (χ2v) is 6.18. The van der Waals surface area contributed by atoms with Crippen LogP contribution in [0.1, 0.15) is 11.3 Å². The Bertz CT molecular complexity index is 1130. The van der Waals surface area contributed by atoms with Gasteiger partial charge in [0.15, 0.2) is 0 Å². The molecule has 1 aromatic carbocycles. The lowest BCUT2D eigenvalue weighted by molar-refractivity contribution is 0.415. The van der Waals surface area contributed by atoms with Gasteiger partial charge in [-0.1, -0.05) is 18.2 Å². The van der Waals surface area contributed by atoms with E-state index in [1.54, 1.807) is 34.7 Å². The van der Waals surface area contributed by atoms with Crippen LogP contribution in [0.4, 0.5) is 0 Å². The highest BCUT2D eigenvalue weighted by atomic mass is 16.5. The first-order chi connectivity index (χ1) is 12.6. The number of rotatable bonds is 4. The maximum absolute atomic E-state index is 12.3. The number of hydrogen-bond acceptors (Lipinski definition) is 4. The Morgan fingerprint density at radius 1 is 1.04 bits per heavy atom. The molecule has 0 fully saturated rings. The van der Waals surface area contributed by atoms with Crippen molar-refractivity contribution >= 4 is 5.65 Å². The first-order valence-corrected chi connectivity index (χ1v) is 8.28. The number of fused-ring (bicyclic) bond motifs is 1. The molecule has 6 heteroatoms. The molecule has 3 heterocycles. The molecular weight excluding hydrogens is 328 g/mol. The van der Waals surface area contributed by atoms with E-state index in [4.69, 9.17) is 4.74 Å². The fourth-order valence-corrected chi connectivity index (χ4v) is 2.89. The van der Waals surface area contributed by atoms with E-state index in [1.165, 1.54) is 0 Å². The van der Waals surface area contributed by atoms with E-state index in [0.29, 0.717) is 17.9 Å². The fourth-order valence-electron chi connectivity index (χ4n) is 2.89. The molecule has 0 saturated heterocycles. The molecule has 0 saturated carbocycles. The number of hydrogen-bond donors (Lipinski definition) is 0. The summed E-state index contributed by atoms with van der Waals surface area (Å²) in [5.41, 5.74) is 4.31. The van der Waals surface area contributed by atoms with Gasteiger partial charge in [-0.05, 0) is 36.2 Å². The molecule has 3 aromatic heterocycles. The Morgan fingerprint density at radius 2 is 1.85 bits per heavy atom. The monoisotopic (exact) mass is 346 g/mol. The molecule has 0 unspecified atom stereocenters. The molecule has 4 rings (SSSR count). The van der Waals surface area contributed by atoms with E-state index in [-0.39, 0.29) is 5.56 Å². The summed E-state index contributed by atoms with van der Waals surface area (Å²) in [7, 11) is 1.65. The SMILES string of the molecule is COc1ccc(-c2cnn(Cc3cc(=O)n4cc(C)ccc4n3)c2)cc1. The molecule has 0 aliphatic heterocycles. The second kappa shape index (κ2) is 6.48. The molecule has 0 amide bonds. The maximum Gasteiger partial charge on any atom is 0.258 e. The molecule has 6 nitrogen and oxygen atoms in total. The normalized spacial score (nSPS) is 11.0. The van der Waals surface area contributed by atoms with E-state index < -0.39 is 0 Å². The van der Waals surface area contributed by atoms with E-state index in [1.807, 2.05) is 49.5 Å². The summed E-state index contributed by atoms with van der Waals surface area (Å²) < 4.78 is 8.53. The summed E-state index contributed by atoms with van der Waals surface area (Å²) in [5, 5.41) is 4.39. The van der Waals surface area contributed by atoms with Gasteiger partial charge in [-0.15, -0.1) is 0 Å². The average Bonchev–Trinajstić information content (AvgIpc) is 3.11. The van der Waals surface area contributed by atoms with Crippen molar-refractivity contribution in [3.63, 3.8) is 0 Å². The summed E-state index contributed by atoms with van der Waals surface area (Å²) in [4.78, 5) is 16.9. The number of benzene rings is 1. The maximum atomic E-state index is 12.3. The first-order valence-electron chi connectivity index (χ1n) is 8.28. The lowest BCUT2D eigenvalue weighted by Gasteiger charge is -2.05. The van der Waals surface area contributed by atoms with Gasteiger partial charge in [0.05, 0.1) is 25.5 Å². The van der Waals surface area contributed by atoms with Crippen LogP contribution < -0.4 is 10.3 Å². The van der Waals surface area contributed by atoms with E-state index >= 15 is 0 Å². The van der Waals surface area contributed by atoms with Gasteiger partial charge in [0.25, 0.3) is 5.56 Å². The van der Waals surface area contributed by atoms with Crippen LogP contribution in [0.25, 0.3) is 16.8 Å². The van der Waals surface area contributed by atoms with E-state index in [9.17, 15) is 4.79 Å². The van der Waals surface area contributed by atoms with Crippen molar-refractivity contribution < 1.29 is 4.74 Å². The van der Waals surface area contributed by atoms with Crippen molar-refractivity contribution in [1.82, 2.24) is 19.2 Å². The van der Waals surface area contributed by atoms with Gasteiger partial charge in [-0.25, -0.2) is 4.98 Å². The largest absolute Gasteiger partial charge is 0.497 e. The Balaban J connectivity index is 1.61. The molecule has 0 aliphatic carbocycles. The Morgan fingerprint density at radius 3 is 2.62 bits per heavy atom. The van der Waals surface area contributed by atoms with Crippen LogP contribution in [-0.4, -0.2) is 26.3 Å². The lowest BCUT2D eigenvalue weighted by Crippen LogP contribution is -2.17. The van der Waals surface area contributed by atoms with Crippen LogP contribution in [-0.2, 0) is 6.54 Å². The number of pyridine rings is 1. The molecule has 4 aromatic rings. The summed E-state index contributed by atoms with van der Waals surface area (Å²) in [6, 6.07) is 13.2. The van der Waals surface area contributed by atoms with Crippen LogP contribution in [0.2, 0.25) is 0 Å². The smallest absolute Gasteiger partial charge is 0.258 e. The van der Waals surface area contributed by atoms with Crippen molar-refractivity contribution in [3.05, 3.63) is 82.7 Å². The standard InChI is InChI=1S/C20H18N4O2/c1-14-3-8-19-22-17(9-20(25)24(19)11-14)13-23-12-16(10-21-23)15-4-6-18(26-2)7-5-15/h3-12H,13H2,1-2H3. The molecule has 130 valence electrons. The van der Waals surface area contributed by atoms with E-state index in [0.717, 1.165) is 22.4 Å². The Kier molecular flexibility index (Phi) is 4.01. The van der Waals surface area contributed by atoms with Crippen LogP contribution >= 0.6 is 0 Å². The molecular formula is C20H18N4O2. The van der Waals surface area contributed by atoms with Crippen molar-refractivity contribution in [2.75, 3.05) is 7.11 Å². The summed E-state index contributed by atoms with van der Waals surface area (Å²) in [6.07, 6.45) is 5.55. The topological polar surface area (TPSA) is 61.4 Å². The van der Waals surface area contributed by atoms with Gasteiger partial charge in [0.1, 0.15) is 11.4 Å². The Hall–Kier alpha value is -3.41. The van der Waals surface area contributed by atoms with Crippen molar-refractivity contribution in [1.29, 1.82) is 0 Å². The molecule has 0 spiro atoms. The molecule has 0 aliphatic rings. The third kappa shape index (κ3) is 3.09. The third-order valence-corrected chi connectivity index (χ3v) is 4.24. The van der Waals surface area contributed by atoms with E-state index in [2.05, 4.69) is 10.1 Å². The number of nitrogens with zero attached hydrogens (tertiary/aromatic N) is 4. The molecule has 26 heavy (non-hydrogen) atoms. The Labute approximate surface area is 150 Å². The molecule has 0 bridgehead atoms. The molecule has 0 radical (unpaired) electrons. The van der Waals surface area contributed by atoms with Crippen molar-refractivity contribution in [3.8, 4) is 16.9 Å². The quantitative estimate of drug-likeness (QED) is 0.570. The zero-order valence-electron chi connectivity index (χ0n) is 14.6. The fraction of sp³-hybridized carbons (Fsp3) is 0.150. The number of methoxy groups -OCH3 is 1. The second-order valence-electron chi connectivity index (χ2n) is 6.18. The average molecular weight is 346 g/mol. The minimum Gasteiger partial charge on any atom is -0.497 e. The van der Waals surface area contributed by atoms with Crippen LogP contribution in [0.3, 0.4) is 0 Å². The highest BCUT2D eigenvalue weighted by Crippen LogP contribution is 2.21. The predicted octanol–water partition coefficient (Wildman–Crippen LogP) is 2.92. The number of aromatic nitrogens is 4. The number of aryl methyl sites for hydroxylation is 1. The number of ether oxygens (including phenoxy) is 1. The predicted molar refractivity (Wildman–Crippen MR) is 99.5 cm³/mol. The van der Waals surface area contributed by atoms with Crippen molar-refractivity contribution in [2.24, 2.45) is 0 Å². The van der Waals surface area contributed by atoms with Gasteiger partial charge in [0, 0.05) is 24.0 Å².